The number of likely N-dealkylation sites (tertiary alicyclic amines) is 1. The molecule has 1 aliphatic rings. The van der Waals surface area contributed by atoms with Gasteiger partial charge >= 0.3 is 5.97 Å². The van der Waals surface area contributed by atoms with Gasteiger partial charge in [-0.05, 0) is 12.5 Å². The molecule has 1 aromatic carbocycles. The lowest BCUT2D eigenvalue weighted by Crippen LogP contribution is -2.38. The van der Waals surface area contributed by atoms with Crippen LogP contribution in [0.2, 0.25) is 5.02 Å². The zero-order chi connectivity index (χ0) is 16.3. The molecule has 0 radical (unpaired) electrons. The van der Waals surface area contributed by atoms with E-state index < -0.39 is 5.97 Å². The lowest BCUT2D eigenvalue weighted by atomic mass is 10.1. The summed E-state index contributed by atoms with van der Waals surface area (Å²) in [6.45, 7) is 1.11. The largest absolute Gasteiger partial charge is 0.496 e. The molecule has 0 aromatic heterocycles. The fourth-order valence-electron chi connectivity index (χ4n) is 2.46. The van der Waals surface area contributed by atoms with Crippen molar-refractivity contribution < 1.29 is 19.4 Å². The van der Waals surface area contributed by atoms with Gasteiger partial charge in [0.25, 0.3) is 5.91 Å². The minimum Gasteiger partial charge on any atom is -0.496 e. The van der Waals surface area contributed by atoms with E-state index in [1.165, 1.54) is 19.2 Å². The highest BCUT2D eigenvalue weighted by molar-refractivity contribution is 6.33. The van der Waals surface area contributed by atoms with Gasteiger partial charge in [0.05, 0.1) is 29.9 Å². The molecule has 1 saturated heterocycles. The highest BCUT2D eigenvalue weighted by Crippen LogP contribution is 2.29. The van der Waals surface area contributed by atoms with Gasteiger partial charge in [-0.3, -0.25) is 14.5 Å². The summed E-state index contributed by atoms with van der Waals surface area (Å²) >= 11 is 5.95. The first kappa shape index (κ1) is 16.4. The molecule has 4 N–H and O–H groups in total. The molecule has 1 atom stereocenters. The van der Waals surface area contributed by atoms with Crippen molar-refractivity contribution in [2.45, 2.75) is 12.5 Å². The minimum absolute atomic E-state index is 0.0244. The van der Waals surface area contributed by atoms with Gasteiger partial charge in [-0.2, -0.15) is 0 Å². The van der Waals surface area contributed by atoms with Gasteiger partial charge in [-0.25, -0.2) is 0 Å². The topological polar surface area (TPSA) is 105 Å². The SMILES string of the molecule is COc1cc(N)c(Cl)cc1C(=O)NC1CCN(CC(=O)O)C1. The molecule has 2 rings (SSSR count). The molecular weight excluding hydrogens is 310 g/mol. The Morgan fingerprint density at radius 1 is 1.55 bits per heavy atom. The summed E-state index contributed by atoms with van der Waals surface area (Å²) in [6.07, 6.45) is 0.698. The highest BCUT2D eigenvalue weighted by atomic mass is 35.5. The third-order valence-electron chi connectivity index (χ3n) is 3.53. The summed E-state index contributed by atoms with van der Waals surface area (Å²) in [6, 6.07) is 2.87. The van der Waals surface area contributed by atoms with Crippen LogP contribution in [-0.4, -0.2) is 54.7 Å². The second kappa shape index (κ2) is 6.85. The number of aliphatic carboxylic acids is 1. The predicted molar refractivity (Wildman–Crippen MR) is 82.4 cm³/mol. The van der Waals surface area contributed by atoms with Crippen LogP contribution in [0.25, 0.3) is 0 Å². The van der Waals surface area contributed by atoms with E-state index in [9.17, 15) is 9.59 Å². The van der Waals surface area contributed by atoms with Crippen molar-refractivity contribution in [3.63, 3.8) is 0 Å². The van der Waals surface area contributed by atoms with Crippen LogP contribution in [0.5, 0.6) is 5.75 Å². The lowest BCUT2D eigenvalue weighted by molar-refractivity contribution is -0.138. The number of carbonyl (C=O) groups is 2. The molecule has 22 heavy (non-hydrogen) atoms. The van der Waals surface area contributed by atoms with E-state index in [0.717, 1.165) is 0 Å². The van der Waals surface area contributed by atoms with Crippen LogP contribution in [0.4, 0.5) is 5.69 Å². The smallest absolute Gasteiger partial charge is 0.317 e. The fourth-order valence-corrected chi connectivity index (χ4v) is 2.63. The Balaban J connectivity index is 2.04. The van der Waals surface area contributed by atoms with Gasteiger partial charge < -0.3 is 20.9 Å². The zero-order valence-corrected chi connectivity index (χ0v) is 12.9. The van der Waals surface area contributed by atoms with Crippen LogP contribution >= 0.6 is 11.6 Å². The van der Waals surface area contributed by atoms with Crippen molar-refractivity contribution in [1.29, 1.82) is 0 Å². The molecule has 1 amide bonds. The highest BCUT2D eigenvalue weighted by Gasteiger charge is 2.26. The number of amides is 1. The molecule has 7 nitrogen and oxygen atoms in total. The maximum Gasteiger partial charge on any atom is 0.317 e. The Bertz CT molecular complexity index is 594. The van der Waals surface area contributed by atoms with Crippen molar-refractivity contribution >= 4 is 29.2 Å². The summed E-state index contributed by atoms with van der Waals surface area (Å²) < 4.78 is 5.15. The molecule has 1 heterocycles. The molecule has 8 heteroatoms. The van der Waals surface area contributed by atoms with Gasteiger partial charge in [0.1, 0.15) is 5.75 Å². The molecule has 0 aliphatic carbocycles. The average molecular weight is 328 g/mol. The van der Waals surface area contributed by atoms with Crippen LogP contribution in [0, 0.1) is 0 Å². The Morgan fingerprint density at radius 2 is 2.27 bits per heavy atom. The number of carboxylic acid groups (broad SMARTS) is 1. The molecule has 0 bridgehead atoms. The number of nitrogens with two attached hydrogens (primary N) is 1. The quantitative estimate of drug-likeness (QED) is 0.692. The summed E-state index contributed by atoms with van der Waals surface area (Å²) in [4.78, 5) is 24.8. The van der Waals surface area contributed by atoms with E-state index in [1.54, 1.807) is 4.90 Å². The van der Waals surface area contributed by atoms with Crippen molar-refractivity contribution in [3.8, 4) is 5.75 Å². The minimum atomic E-state index is -0.876. The third kappa shape index (κ3) is 3.80. The maximum absolute atomic E-state index is 12.3. The third-order valence-corrected chi connectivity index (χ3v) is 3.86. The maximum atomic E-state index is 12.3. The number of nitrogens with zero attached hydrogens (tertiary/aromatic N) is 1. The molecular formula is C14H18ClN3O4. The first-order chi connectivity index (χ1) is 10.4. The summed E-state index contributed by atoms with van der Waals surface area (Å²) in [5.41, 5.74) is 6.33. The van der Waals surface area contributed by atoms with Gasteiger partial charge in [-0.15, -0.1) is 0 Å². The first-order valence-electron chi connectivity index (χ1n) is 6.78. The number of carbonyl (C=O) groups excluding carboxylic acids is 1. The molecule has 1 aliphatic heterocycles. The summed E-state index contributed by atoms with van der Waals surface area (Å²) in [7, 11) is 1.45. The van der Waals surface area contributed by atoms with E-state index in [4.69, 9.17) is 27.2 Å². The standard InChI is InChI=1S/C14H18ClN3O4/c1-22-12-5-11(16)10(15)4-9(12)14(21)17-8-2-3-18(6-8)7-13(19)20/h4-5,8H,2-3,6-7,16H2,1H3,(H,17,21)(H,19,20). The number of methoxy groups -OCH3 is 1. The second-order valence-corrected chi connectivity index (χ2v) is 5.57. The summed E-state index contributed by atoms with van der Waals surface area (Å²) in [5.74, 6) is -0.848. The Kier molecular flexibility index (Phi) is 5.10. The summed E-state index contributed by atoms with van der Waals surface area (Å²) in [5, 5.41) is 11.9. The Morgan fingerprint density at radius 3 is 2.91 bits per heavy atom. The Labute approximate surface area is 133 Å². The molecule has 1 aromatic rings. The molecule has 1 unspecified atom stereocenters. The number of benzene rings is 1. The number of ether oxygens (including phenoxy) is 1. The normalized spacial score (nSPS) is 18.2. The molecule has 0 saturated carbocycles. The van der Waals surface area contributed by atoms with Gasteiger partial charge in [0.15, 0.2) is 0 Å². The number of rotatable bonds is 5. The van der Waals surface area contributed by atoms with Crippen LogP contribution < -0.4 is 15.8 Å². The monoisotopic (exact) mass is 327 g/mol. The van der Waals surface area contributed by atoms with Crippen molar-refractivity contribution in [3.05, 3.63) is 22.7 Å². The number of nitrogens with one attached hydrogen (secondary N) is 1. The van der Waals surface area contributed by atoms with E-state index in [1.807, 2.05) is 0 Å². The zero-order valence-electron chi connectivity index (χ0n) is 12.1. The Hall–Kier alpha value is -1.99. The second-order valence-electron chi connectivity index (χ2n) is 5.16. The van der Waals surface area contributed by atoms with Gasteiger partial charge in [0, 0.05) is 25.2 Å². The average Bonchev–Trinajstić information content (AvgIpc) is 2.87. The van der Waals surface area contributed by atoms with Crippen molar-refractivity contribution in [2.75, 3.05) is 32.5 Å². The first-order valence-corrected chi connectivity index (χ1v) is 7.16. The number of anilines is 1. The van der Waals surface area contributed by atoms with Gasteiger partial charge in [0.2, 0.25) is 0 Å². The van der Waals surface area contributed by atoms with Crippen LogP contribution in [0.3, 0.4) is 0 Å². The van der Waals surface area contributed by atoms with E-state index in [-0.39, 0.29) is 23.5 Å². The van der Waals surface area contributed by atoms with Crippen LogP contribution in [0.15, 0.2) is 12.1 Å². The van der Waals surface area contributed by atoms with E-state index in [0.29, 0.717) is 36.5 Å². The van der Waals surface area contributed by atoms with Crippen molar-refractivity contribution in [2.24, 2.45) is 0 Å². The number of nitrogen functional groups attached to an aromatic ring is 1. The van der Waals surface area contributed by atoms with E-state index >= 15 is 0 Å². The lowest BCUT2D eigenvalue weighted by Gasteiger charge is -2.16. The fraction of sp³-hybridized carbons (Fsp3) is 0.429. The number of hydrogen-bond donors (Lipinski definition) is 3. The molecule has 1 fully saturated rings. The van der Waals surface area contributed by atoms with Gasteiger partial charge in [-0.1, -0.05) is 11.6 Å². The van der Waals surface area contributed by atoms with Crippen LogP contribution in [-0.2, 0) is 4.79 Å². The number of carboxylic acids is 1. The molecule has 0 spiro atoms. The number of hydrogen-bond acceptors (Lipinski definition) is 5. The predicted octanol–water partition coefficient (Wildman–Crippen LogP) is 0.820. The van der Waals surface area contributed by atoms with E-state index in [2.05, 4.69) is 5.32 Å². The van der Waals surface area contributed by atoms with Crippen LogP contribution in [0.1, 0.15) is 16.8 Å². The van der Waals surface area contributed by atoms with Crippen molar-refractivity contribution in [1.82, 2.24) is 10.2 Å². The molecule has 120 valence electrons. The number of halogens is 1.